The summed E-state index contributed by atoms with van der Waals surface area (Å²) in [6.45, 7) is 7.46. The molecule has 158 valence electrons. The van der Waals surface area contributed by atoms with Gasteiger partial charge in [-0.05, 0) is 56.5 Å². The second-order valence-electron chi connectivity index (χ2n) is 7.75. The molecule has 1 aromatic carbocycles. The van der Waals surface area contributed by atoms with Gasteiger partial charge >= 0.3 is 0 Å². The number of thiazole rings is 2. The molecule has 0 bridgehead atoms. The van der Waals surface area contributed by atoms with E-state index >= 15 is 0 Å². The number of benzene rings is 1. The van der Waals surface area contributed by atoms with Gasteiger partial charge in [0.05, 0.1) is 16.4 Å². The molecule has 1 atom stereocenters. The van der Waals surface area contributed by atoms with Crippen molar-refractivity contribution in [1.82, 2.24) is 14.9 Å². The summed E-state index contributed by atoms with van der Waals surface area (Å²) in [5, 5.41) is 8.84. The Kier molecular flexibility index (Phi) is 7.20. The van der Waals surface area contributed by atoms with E-state index in [0.29, 0.717) is 10.7 Å². The molecule has 1 amide bonds. The predicted octanol–water partition coefficient (Wildman–Crippen LogP) is 5.68. The van der Waals surface area contributed by atoms with E-state index in [1.165, 1.54) is 24.2 Å². The molecular formula is C22H26N4OS3. The number of carbonyl (C=O) groups is 1. The fraction of sp³-hybridized carbons (Fsp3) is 0.409. The molecule has 4 rings (SSSR count). The summed E-state index contributed by atoms with van der Waals surface area (Å²) in [5.74, 6) is 1.48. The van der Waals surface area contributed by atoms with Crippen molar-refractivity contribution in [3.8, 4) is 0 Å². The number of hydrogen-bond acceptors (Lipinski definition) is 7. The fourth-order valence-corrected chi connectivity index (χ4v) is 5.81. The number of aromatic nitrogens is 2. The number of aryl methyl sites for hydroxylation is 1. The van der Waals surface area contributed by atoms with Crippen LogP contribution in [-0.4, -0.2) is 33.9 Å². The first-order chi connectivity index (χ1) is 14.5. The molecule has 0 radical (unpaired) electrons. The van der Waals surface area contributed by atoms with E-state index in [9.17, 15) is 4.79 Å². The highest BCUT2D eigenvalue weighted by Crippen LogP contribution is 2.25. The Labute approximate surface area is 190 Å². The van der Waals surface area contributed by atoms with E-state index in [1.54, 1.807) is 23.1 Å². The molecule has 1 aliphatic rings. The largest absolute Gasteiger partial charge is 0.298 e. The number of nitrogens with one attached hydrogen (secondary N) is 1. The van der Waals surface area contributed by atoms with E-state index in [4.69, 9.17) is 0 Å². The molecule has 5 nitrogen and oxygen atoms in total. The standard InChI is InChI=1S/C22H26N4OS3/c1-15-4-3-9-26(10-15)11-18-12-30-22(24-18)25-21(27)17-5-7-20(8-6-17)29-14-19-13-28-16(2)23-19/h5-8,12-13,15H,3-4,9-11,14H2,1-2H3,(H,24,25,27). The van der Waals surface area contributed by atoms with Crippen molar-refractivity contribution in [2.24, 2.45) is 5.92 Å². The van der Waals surface area contributed by atoms with Gasteiger partial charge in [0.1, 0.15) is 0 Å². The molecule has 2 aromatic heterocycles. The summed E-state index contributed by atoms with van der Waals surface area (Å²) in [7, 11) is 0. The number of likely N-dealkylation sites (tertiary alicyclic amines) is 1. The Bertz CT molecular complexity index is 982. The van der Waals surface area contributed by atoms with Crippen molar-refractivity contribution >= 4 is 45.5 Å². The van der Waals surface area contributed by atoms with Gasteiger partial charge in [0.15, 0.2) is 5.13 Å². The van der Waals surface area contributed by atoms with Crippen LogP contribution in [0.25, 0.3) is 0 Å². The van der Waals surface area contributed by atoms with Gasteiger partial charge in [-0.1, -0.05) is 6.92 Å². The molecule has 1 fully saturated rings. The maximum atomic E-state index is 12.6. The molecule has 1 N–H and O–H groups in total. The molecule has 3 heterocycles. The average Bonchev–Trinajstić information content (AvgIpc) is 3.35. The van der Waals surface area contributed by atoms with Crippen LogP contribution in [0, 0.1) is 12.8 Å². The van der Waals surface area contributed by atoms with Crippen LogP contribution >= 0.6 is 34.4 Å². The number of piperidine rings is 1. The first kappa shape index (κ1) is 21.5. The van der Waals surface area contributed by atoms with Crippen LogP contribution in [-0.2, 0) is 12.3 Å². The third kappa shape index (κ3) is 5.91. The fourth-order valence-electron chi connectivity index (χ4n) is 3.60. The van der Waals surface area contributed by atoms with Crippen LogP contribution in [0.15, 0.2) is 39.9 Å². The van der Waals surface area contributed by atoms with Crippen LogP contribution < -0.4 is 5.32 Å². The van der Waals surface area contributed by atoms with Gasteiger partial charge in [-0.3, -0.25) is 15.0 Å². The zero-order valence-corrected chi connectivity index (χ0v) is 19.7. The average molecular weight is 459 g/mol. The van der Waals surface area contributed by atoms with Gasteiger partial charge in [0.2, 0.25) is 0 Å². The van der Waals surface area contributed by atoms with Crippen LogP contribution in [0.3, 0.4) is 0 Å². The highest BCUT2D eigenvalue weighted by molar-refractivity contribution is 7.98. The number of rotatable bonds is 7. The van der Waals surface area contributed by atoms with Gasteiger partial charge in [-0.25, -0.2) is 9.97 Å². The molecule has 1 saturated heterocycles. The lowest BCUT2D eigenvalue weighted by atomic mass is 10.0. The second-order valence-corrected chi connectivity index (χ2v) is 10.7. The first-order valence-electron chi connectivity index (χ1n) is 10.2. The summed E-state index contributed by atoms with van der Waals surface area (Å²) in [6.07, 6.45) is 2.57. The van der Waals surface area contributed by atoms with Crippen LogP contribution in [0.5, 0.6) is 0 Å². The Morgan fingerprint density at radius 2 is 2.00 bits per heavy atom. The van der Waals surface area contributed by atoms with E-state index in [2.05, 4.69) is 37.9 Å². The number of carbonyl (C=O) groups excluding carboxylic acids is 1. The molecule has 0 aliphatic carbocycles. The number of amides is 1. The lowest BCUT2D eigenvalue weighted by Gasteiger charge is -2.30. The Hall–Kier alpha value is -1.74. The molecule has 3 aromatic rings. The Morgan fingerprint density at radius 3 is 2.73 bits per heavy atom. The Balaban J connectivity index is 1.29. The topological polar surface area (TPSA) is 58.1 Å². The minimum atomic E-state index is -0.117. The Morgan fingerprint density at radius 1 is 1.20 bits per heavy atom. The van der Waals surface area contributed by atoms with E-state index < -0.39 is 0 Å². The summed E-state index contributed by atoms with van der Waals surface area (Å²) in [5.41, 5.74) is 2.78. The van der Waals surface area contributed by atoms with Gasteiger partial charge in [0.25, 0.3) is 5.91 Å². The number of nitrogens with zero attached hydrogens (tertiary/aromatic N) is 3. The highest BCUT2D eigenvalue weighted by atomic mass is 32.2. The molecule has 0 spiro atoms. The van der Waals surface area contributed by atoms with Gasteiger partial charge in [-0.2, -0.15) is 0 Å². The van der Waals surface area contributed by atoms with E-state index in [-0.39, 0.29) is 5.91 Å². The molecular weight excluding hydrogens is 432 g/mol. The number of hydrogen-bond donors (Lipinski definition) is 1. The van der Waals surface area contributed by atoms with Crippen molar-refractivity contribution in [3.05, 3.63) is 57.0 Å². The molecule has 1 unspecified atom stereocenters. The zero-order chi connectivity index (χ0) is 20.9. The summed E-state index contributed by atoms with van der Waals surface area (Å²) in [6, 6.07) is 7.72. The maximum absolute atomic E-state index is 12.6. The van der Waals surface area contributed by atoms with Gasteiger partial charge in [-0.15, -0.1) is 34.4 Å². The highest BCUT2D eigenvalue weighted by Gasteiger charge is 2.17. The third-order valence-corrected chi connectivity index (χ3v) is 7.74. The summed E-state index contributed by atoms with van der Waals surface area (Å²) in [4.78, 5) is 25.3. The molecule has 30 heavy (non-hydrogen) atoms. The minimum Gasteiger partial charge on any atom is -0.298 e. The van der Waals surface area contributed by atoms with Crippen molar-refractivity contribution in [1.29, 1.82) is 0 Å². The van der Waals surface area contributed by atoms with Crippen LogP contribution in [0.4, 0.5) is 5.13 Å². The van der Waals surface area contributed by atoms with Crippen LogP contribution in [0.1, 0.15) is 46.5 Å². The van der Waals surface area contributed by atoms with Crippen molar-refractivity contribution in [2.75, 3.05) is 18.4 Å². The predicted molar refractivity (Wildman–Crippen MR) is 127 cm³/mol. The van der Waals surface area contributed by atoms with Gasteiger partial charge < -0.3 is 0 Å². The molecule has 1 aliphatic heterocycles. The second kappa shape index (κ2) is 10.0. The van der Waals surface area contributed by atoms with Gasteiger partial charge in [0, 0.05) is 40.1 Å². The van der Waals surface area contributed by atoms with Crippen molar-refractivity contribution in [3.63, 3.8) is 0 Å². The zero-order valence-electron chi connectivity index (χ0n) is 17.3. The minimum absolute atomic E-state index is 0.117. The summed E-state index contributed by atoms with van der Waals surface area (Å²) < 4.78 is 0. The lowest BCUT2D eigenvalue weighted by Crippen LogP contribution is -2.33. The van der Waals surface area contributed by atoms with Crippen LogP contribution in [0.2, 0.25) is 0 Å². The van der Waals surface area contributed by atoms with Crippen molar-refractivity contribution < 1.29 is 4.79 Å². The van der Waals surface area contributed by atoms with E-state index in [0.717, 1.165) is 52.6 Å². The number of thioether (sulfide) groups is 1. The quantitative estimate of drug-likeness (QED) is 0.461. The monoisotopic (exact) mass is 458 g/mol. The number of anilines is 1. The third-order valence-electron chi connectivity index (χ3n) is 5.07. The first-order valence-corrected chi connectivity index (χ1v) is 12.9. The molecule has 0 saturated carbocycles. The molecule has 8 heteroatoms. The maximum Gasteiger partial charge on any atom is 0.257 e. The lowest BCUT2D eigenvalue weighted by molar-refractivity contribution is 0.102. The normalized spacial score (nSPS) is 17.2. The SMILES string of the molecule is Cc1nc(CSc2ccc(C(=O)Nc3nc(CN4CCCC(C)C4)cs3)cc2)cs1. The van der Waals surface area contributed by atoms with Crippen molar-refractivity contribution in [2.45, 2.75) is 43.9 Å². The summed E-state index contributed by atoms with van der Waals surface area (Å²) >= 11 is 4.89. The smallest absolute Gasteiger partial charge is 0.257 e. The van der Waals surface area contributed by atoms with E-state index in [1.807, 2.05) is 31.2 Å².